The fraction of sp³-hybridized carbons (Fsp3) is 0.238. The lowest BCUT2D eigenvalue weighted by molar-refractivity contribution is -0.147. The lowest BCUT2D eigenvalue weighted by atomic mass is 9.99. The Morgan fingerprint density at radius 1 is 1.15 bits per heavy atom. The van der Waals surface area contributed by atoms with Gasteiger partial charge in [-0.05, 0) is 44.5 Å². The first kappa shape index (κ1) is 18.5. The van der Waals surface area contributed by atoms with E-state index in [0.29, 0.717) is 16.5 Å². The second-order valence-corrected chi connectivity index (χ2v) is 6.51. The number of esters is 1. The van der Waals surface area contributed by atoms with Gasteiger partial charge in [0.1, 0.15) is 6.54 Å². The smallest absolute Gasteiger partial charge is 0.326 e. The molecule has 0 unspecified atom stereocenters. The van der Waals surface area contributed by atoms with Crippen molar-refractivity contribution in [1.29, 1.82) is 0 Å². The summed E-state index contributed by atoms with van der Waals surface area (Å²) in [5.74, 6) is -0.936. The van der Waals surface area contributed by atoms with E-state index in [-0.39, 0.29) is 17.9 Å². The van der Waals surface area contributed by atoms with E-state index in [1.165, 1.54) is 17.8 Å². The number of hydrogen-bond acceptors (Lipinski definition) is 5. The van der Waals surface area contributed by atoms with E-state index >= 15 is 0 Å². The van der Waals surface area contributed by atoms with Crippen molar-refractivity contribution in [2.24, 2.45) is 0 Å². The Hall–Kier alpha value is -3.28. The number of carbonyl (C=O) groups excluding carboxylic acids is 2. The molecule has 0 amide bonds. The molecular weight excluding hydrogens is 344 g/mol. The van der Waals surface area contributed by atoms with E-state index in [2.05, 4.69) is 4.98 Å². The first-order valence-electron chi connectivity index (χ1n) is 8.62. The quantitative estimate of drug-likeness (QED) is 0.514. The molecule has 6 heteroatoms. The molecule has 0 aliphatic rings. The third kappa shape index (κ3) is 3.95. The molecule has 27 heavy (non-hydrogen) atoms. The average molecular weight is 364 g/mol. The van der Waals surface area contributed by atoms with Crippen molar-refractivity contribution < 1.29 is 14.3 Å². The summed E-state index contributed by atoms with van der Waals surface area (Å²) >= 11 is 0. The fourth-order valence-corrected chi connectivity index (χ4v) is 2.87. The molecule has 1 aromatic heterocycles. The Labute approximate surface area is 156 Å². The second kappa shape index (κ2) is 7.53. The van der Waals surface area contributed by atoms with E-state index in [4.69, 9.17) is 4.74 Å². The molecule has 6 nitrogen and oxygen atoms in total. The summed E-state index contributed by atoms with van der Waals surface area (Å²) in [5, 5.41) is 0.423. The van der Waals surface area contributed by atoms with Crippen LogP contribution in [-0.4, -0.2) is 27.4 Å². The van der Waals surface area contributed by atoms with Crippen LogP contribution in [-0.2, 0) is 16.1 Å². The standard InChI is InChI=1S/C21H20N2O4/c1-13-8-9-14(2)17(10-13)20(25)15(3)27-19(24)11-23-12-22-18-7-5-4-6-16(18)21(23)26/h4-10,12,15H,11H2,1-3H3/t15-/m1/s1. The van der Waals surface area contributed by atoms with Gasteiger partial charge in [-0.3, -0.25) is 19.0 Å². The fourth-order valence-electron chi connectivity index (χ4n) is 2.87. The van der Waals surface area contributed by atoms with E-state index in [9.17, 15) is 14.4 Å². The third-order valence-electron chi connectivity index (χ3n) is 4.37. The summed E-state index contributed by atoms with van der Waals surface area (Å²) in [7, 11) is 0. The molecule has 138 valence electrons. The molecule has 0 bridgehead atoms. The monoisotopic (exact) mass is 364 g/mol. The average Bonchev–Trinajstić information content (AvgIpc) is 2.65. The topological polar surface area (TPSA) is 78.3 Å². The Morgan fingerprint density at radius 3 is 2.67 bits per heavy atom. The first-order chi connectivity index (χ1) is 12.9. The van der Waals surface area contributed by atoms with E-state index in [1.807, 2.05) is 26.0 Å². The van der Waals surface area contributed by atoms with Crippen molar-refractivity contribution in [2.75, 3.05) is 0 Å². The molecule has 1 atom stereocenters. The van der Waals surface area contributed by atoms with Gasteiger partial charge in [0.05, 0.1) is 17.2 Å². The number of aromatic nitrogens is 2. The van der Waals surface area contributed by atoms with Crippen LogP contribution in [0.25, 0.3) is 10.9 Å². The van der Waals surface area contributed by atoms with Crippen molar-refractivity contribution in [2.45, 2.75) is 33.4 Å². The highest BCUT2D eigenvalue weighted by Crippen LogP contribution is 2.14. The van der Waals surface area contributed by atoms with E-state index in [1.54, 1.807) is 30.3 Å². The van der Waals surface area contributed by atoms with Gasteiger partial charge in [-0.2, -0.15) is 0 Å². The Bertz CT molecular complexity index is 1080. The van der Waals surface area contributed by atoms with Crippen LogP contribution in [0.4, 0.5) is 0 Å². The number of carbonyl (C=O) groups is 2. The van der Waals surface area contributed by atoms with Gasteiger partial charge >= 0.3 is 5.97 Å². The van der Waals surface area contributed by atoms with Crippen molar-refractivity contribution in [3.05, 3.63) is 75.8 Å². The number of rotatable bonds is 5. The summed E-state index contributed by atoms with van der Waals surface area (Å²) in [6, 6.07) is 12.5. The maximum Gasteiger partial charge on any atom is 0.326 e. The molecule has 1 heterocycles. The summed E-state index contributed by atoms with van der Waals surface area (Å²) in [6.45, 7) is 4.96. The van der Waals surface area contributed by atoms with Crippen LogP contribution in [0.1, 0.15) is 28.4 Å². The van der Waals surface area contributed by atoms with Crippen LogP contribution in [0.3, 0.4) is 0 Å². The molecule has 0 N–H and O–H groups in total. The largest absolute Gasteiger partial charge is 0.453 e. The van der Waals surface area contributed by atoms with Crippen LogP contribution in [0.15, 0.2) is 53.6 Å². The number of para-hydroxylation sites is 1. The van der Waals surface area contributed by atoms with Crippen LogP contribution in [0.5, 0.6) is 0 Å². The van der Waals surface area contributed by atoms with Gasteiger partial charge < -0.3 is 4.74 Å². The van der Waals surface area contributed by atoms with Gasteiger partial charge in [0.25, 0.3) is 5.56 Å². The van der Waals surface area contributed by atoms with Gasteiger partial charge in [0.2, 0.25) is 5.78 Å². The van der Waals surface area contributed by atoms with Gasteiger partial charge in [0.15, 0.2) is 6.10 Å². The maximum atomic E-state index is 12.6. The minimum Gasteiger partial charge on any atom is -0.453 e. The number of ether oxygens (including phenoxy) is 1. The van der Waals surface area contributed by atoms with E-state index < -0.39 is 12.1 Å². The highest BCUT2D eigenvalue weighted by atomic mass is 16.5. The minimum absolute atomic E-state index is 0.270. The van der Waals surface area contributed by atoms with Crippen LogP contribution in [0, 0.1) is 13.8 Å². The van der Waals surface area contributed by atoms with Gasteiger partial charge in [-0.15, -0.1) is 0 Å². The van der Waals surface area contributed by atoms with Crippen LogP contribution in [0.2, 0.25) is 0 Å². The number of aryl methyl sites for hydroxylation is 2. The Balaban J connectivity index is 1.74. The number of hydrogen-bond donors (Lipinski definition) is 0. The molecule has 0 saturated heterocycles. The third-order valence-corrected chi connectivity index (χ3v) is 4.37. The number of fused-ring (bicyclic) bond motifs is 1. The van der Waals surface area contributed by atoms with Crippen LogP contribution >= 0.6 is 0 Å². The molecular formula is C21H20N2O4. The minimum atomic E-state index is -0.942. The highest BCUT2D eigenvalue weighted by Gasteiger charge is 2.21. The van der Waals surface area contributed by atoms with Crippen molar-refractivity contribution in [1.82, 2.24) is 9.55 Å². The molecule has 3 rings (SSSR count). The molecule has 0 fully saturated rings. The normalized spacial score (nSPS) is 12.0. The second-order valence-electron chi connectivity index (χ2n) is 6.51. The summed E-state index contributed by atoms with van der Waals surface area (Å²) in [6.07, 6.45) is 0.366. The van der Waals surface area contributed by atoms with E-state index in [0.717, 1.165) is 11.1 Å². The molecule has 0 spiro atoms. The molecule has 0 aliphatic carbocycles. The number of ketones is 1. The van der Waals surface area contributed by atoms with Gasteiger partial charge in [-0.25, -0.2) is 4.98 Å². The zero-order valence-electron chi connectivity index (χ0n) is 15.4. The van der Waals surface area contributed by atoms with Crippen molar-refractivity contribution in [3.8, 4) is 0 Å². The molecule has 0 aliphatic heterocycles. The summed E-state index contributed by atoms with van der Waals surface area (Å²) in [4.78, 5) is 41.4. The van der Waals surface area contributed by atoms with Gasteiger partial charge in [-0.1, -0.05) is 29.8 Å². The van der Waals surface area contributed by atoms with Crippen LogP contribution < -0.4 is 5.56 Å². The summed E-state index contributed by atoms with van der Waals surface area (Å²) < 4.78 is 6.44. The predicted octanol–water partition coefficient (Wildman–Crippen LogP) is 2.83. The zero-order chi connectivity index (χ0) is 19.6. The SMILES string of the molecule is Cc1ccc(C)c(C(=O)[C@@H](C)OC(=O)Cn2cnc3ccccc3c2=O)c1. The zero-order valence-corrected chi connectivity index (χ0v) is 15.4. The van der Waals surface area contributed by atoms with Crippen molar-refractivity contribution in [3.63, 3.8) is 0 Å². The molecule has 0 radical (unpaired) electrons. The lowest BCUT2D eigenvalue weighted by Gasteiger charge is -2.15. The number of nitrogens with zero attached hydrogens (tertiary/aromatic N) is 2. The Kier molecular flexibility index (Phi) is 5.16. The van der Waals surface area contributed by atoms with Crippen molar-refractivity contribution >= 4 is 22.7 Å². The summed E-state index contributed by atoms with van der Waals surface area (Å²) in [5.41, 5.74) is 2.54. The lowest BCUT2D eigenvalue weighted by Crippen LogP contribution is -2.30. The first-order valence-corrected chi connectivity index (χ1v) is 8.62. The maximum absolute atomic E-state index is 12.6. The van der Waals surface area contributed by atoms with Gasteiger partial charge in [0, 0.05) is 5.56 Å². The Morgan fingerprint density at radius 2 is 1.89 bits per heavy atom. The molecule has 0 saturated carbocycles. The predicted molar refractivity (Wildman–Crippen MR) is 102 cm³/mol. The number of Topliss-reactive ketones (excluding diaryl/α,β-unsaturated/α-hetero) is 1. The number of benzene rings is 2. The highest BCUT2D eigenvalue weighted by molar-refractivity contribution is 6.01. The molecule has 2 aromatic carbocycles. The molecule has 3 aromatic rings.